The van der Waals surface area contributed by atoms with Crippen molar-refractivity contribution in [2.75, 3.05) is 13.2 Å². The average molecular weight is 538 g/mol. The van der Waals surface area contributed by atoms with Crippen LogP contribution in [0.1, 0.15) is 43.4 Å². The van der Waals surface area contributed by atoms with Crippen molar-refractivity contribution in [3.05, 3.63) is 83.9 Å². The quantitative estimate of drug-likeness (QED) is 0.299. The minimum absolute atomic E-state index is 0.0467. The predicted octanol–water partition coefficient (Wildman–Crippen LogP) is 2.54. The van der Waals surface area contributed by atoms with Crippen molar-refractivity contribution < 1.29 is 33.8 Å². The number of ether oxygens (including phenoxy) is 2. The molecule has 0 aromatic heterocycles. The Labute approximate surface area is 227 Å². The van der Waals surface area contributed by atoms with Gasteiger partial charge in [-0.3, -0.25) is 9.59 Å². The van der Waals surface area contributed by atoms with Crippen molar-refractivity contribution in [2.45, 2.75) is 50.9 Å². The molecule has 3 amide bonds. The van der Waals surface area contributed by atoms with Gasteiger partial charge in [0, 0.05) is 12.5 Å². The molecule has 0 aliphatic carbocycles. The van der Waals surface area contributed by atoms with Crippen molar-refractivity contribution in [2.24, 2.45) is 5.92 Å². The fraction of sp³-hybridized carbons (Fsp3) is 0.379. The van der Waals surface area contributed by atoms with Crippen molar-refractivity contribution in [1.82, 2.24) is 16.0 Å². The second-order valence-electron chi connectivity index (χ2n) is 9.36. The summed E-state index contributed by atoms with van der Waals surface area (Å²) in [6.45, 7) is 1.32. The third-order valence-electron chi connectivity index (χ3n) is 6.14. The number of aliphatic hydroxyl groups is 1. The van der Waals surface area contributed by atoms with Crippen molar-refractivity contribution >= 4 is 23.9 Å². The number of carbonyl (C=O) groups excluding carboxylic acids is 4. The van der Waals surface area contributed by atoms with Crippen LogP contribution in [0.5, 0.6) is 0 Å². The number of amides is 3. The molecule has 39 heavy (non-hydrogen) atoms. The molecule has 0 saturated heterocycles. The van der Waals surface area contributed by atoms with Gasteiger partial charge in [-0.2, -0.15) is 0 Å². The molecule has 0 radical (unpaired) electrons. The lowest BCUT2D eigenvalue weighted by Crippen LogP contribution is -2.44. The van der Waals surface area contributed by atoms with Gasteiger partial charge in [-0.05, 0) is 30.9 Å². The Balaban J connectivity index is 1.74. The molecular formula is C29H35N3O7. The number of alkyl carbamates (subject to hydrolysis) is 1. The van der Waals surface area contributed by atoms with E-state index in [1.807, 2.05) is 36.4 Å². The van der Waals surface area contributed by atoms with Crippen LogP contribution in [0.4, 0.5) is 4.79 Å². The van der Waals surface area contributed by atoms with E-state index in [4.69, 9.17) is 9.47 Å². The average Bonchev–Trinajstić information content (AvgIpc) is 2.95. The molecule has 0 bridgehead atoms. The van der Waals surface area contributed by atoms with Crippen molar-refractivity contribution in [3.8, 4) is 0 Å². The van der Waals surface area contributed by atoms with Crippen LogP contribution in [0.2, 0.25) is 0 Å². The molecule has 1 heterocycles. The summed E-state index contributed by atoms with van der Waals surface area (Å²) in [6.07, 6.45) is 2.85. The van der Waals surface area contributed by atoms with Gasteiger partial charge >= 0.3 is 12.1 Å². The van der Waals surface area contributed by atoms with E-state index in [2.05, 4.69) is 16.0 Å². The molecular weight excluding hydrogens is 502 g/mol. The zero-order chi connectivity index (χ0) is 28.0. The van der Waals surface area contributed by atoms with Crippen LogP contribution >= 0.6 is 0 Å². The fourth-order valence-electron chi connectivity index (χ4n) is 3.96. The number of rotatable bonds is 8. The summed E-state index contributed by atoms with van der Waals surface area (Å²) in [5, 5.41) is 17.3. The number of allylic oxidation sites excluding steroid dienone is 1. The second-order valence-corrected chi connectivity index (χ2v) is 9.36. The van der Waals surface area contributed by atoms with Gasteiger partial charge in [-0.25, -0.2) is 9.59 Å². The van der Waals surface area contributed by atoms with Crippen LogP contribution in [0.15, 0.2) is 72.8 Å². The lowest BCUT2D eigenvalue weighted by Gasteiger charge is -2.25. The van der Waals surface area contributed by atoms with Crippen LogP contribution < -0.4 is 16.0 Å². The molecule has 4 N–H and O–H groups in total. The molecule has 0 saturated carbocycles. The highest BCUT2D eigenvalue weighted by Gasteiger charge is 2.28. The Hall–Kier alpha value is -4.18. The van der Waals surface area contributed by atoms with E-state index >= 15 is 0 Å². The van der Waals surface area contributed by atoms with Crippen molar-refractivity contribution in [1.29, 1.82) is 0 Å². The number of hydrogen-bond donors (Lipinski definition) is 4. The Morgan fingerprint density at radius 2 is 1.72 bits per heavy atom. The highest BCUT2D eigenvalue weighted by molar-refractivity contribution is 5.86. The first-order valence-corrected chi connectivity index (χ1v) is 12.9. The fourth-order valence-corrected chi connectivity index (χ4v) is 3.96. The van der Waals surface area contributed by atoms with Gasteiger partial charge in [0.1, 0.15) is 19.3 Å². The molecule has 0 unspecified atom stereocenters. The second kappa shape index (κ2) is 15.3. The van der Waals surface area contributed by atoms with E-state index < -0.39 is 36.1 Å². The van der Waals surface area contributed by atoms with E-state index in [9.17, 15) is 24.3 Å². The molecule has 10 heteroatoms. The van der Waals surface area contributed by atoms with Crippen LogP contribution in [0.25, 0.3) is 0 Å². The molecule has 0 fully saturated rings. The lowest BCUT2D eigenvalue weighted by molar-refractivity contribution is -0.147. The number of hydrogen-bond acceptors (Lipinski definition) is 7. The van der Waals surface area contributed by atoms with Gasteiger partial charge in [-0.1, -0.05) is 72.8 Å². The maximum absolute atomic E-state index is 13.2. The minimum atomic E-state index is -1.01. The Kier molecular flexibility index (Phi) is 11.5. The number of esters is 1. The monoisotopic (exact) mass is 537 g/mol. The molecule has 1 aliphatic rings. The molecule has 4 atom stereocenters. The summed E-state index contributed by atoms with van der Waals surface area (Å²) in [6, 6.07) is 16.1. The van der Waals surface area contributed by atoms with Gasteiger partial charge in [0.05, 0.1) is 18.6 Å². The topological polar surface area (TPSA) is 143 Å². The van der Waals surface area contributed by atoms with Crippen molar-refractivity contribution in [3.63, 3.8) is 0 Å². The Bertz CT molecular complexity index is 1120. The van der Waals surface area contributed by atoms with Crippen LogP contribution in [-0.4, -0.2) is 54.3 Å². The lowest BCUT2D eigenvalue weighted by atomic mass is 9.97. The molecule has 2 aromatic carbocycles. The first-order chi connectivity index (χ1) is 18.9. The van der Waals surface area contributed by atoms with Crippen LogP contribution in [-0.2, 0) is 30.5 Å². The minimum Gasteiger partial charge on any atom is -0.462 e. The molecule has 2 aromatic rings. The highest BCUT2D eigenvalue weighted by atomic mass is 16.6. The van der Waals surface area contributed by atoms with E-state index in [0.29, 0.717) is 0 Å². The summed E-state index contributed by atoms with van der Waals surface area (Å²) in [7, 11) is 0. The third-order valence-corrected chi connectivity index (χ3v) is 6.14. The molecule has 208 valence electrons. The van der Waals surface area contributed by atoms with E-state index in [0.717, 1.165) is 11.1 Å². The normalized spacial score (nSPS) is 20.8. The molecule has 10 nitrogen and oxygen atoms in total. The van der Waals surface area contributed by atoms with E-state index in [1.165, 1.54) is 0 Å². The van der Waals surface area contributed by atoms with Gasteiger partial charge < -0.3 is 30.5 Å². The number of carbonyl (C=O) groups is 4. The summed E-state index contributed by atoms with van der Waals surface area (Å²) < 4.78 is 10.8. The van der Waals surface area contributed by atoms with Gasteiger partial charge in [0.2, 0.25) is 11.8 Å². The molecule has 0 spiro atoms. The van der Waals surface area contributed by atoms with Crippen LogP contribution in [0, 0.1) is 5.92 Å². The van der Waals surface area contributed by atoms with E-state index in [1.54, 1.807) is 43.3 Å². The number of benzene rings is 2. The van der Waals surface area contributed by atoms with E-state index in [-0.39, 0.29) is 50.9 Å². The Morgan fingerprint density at radius 3 is 2.41 bits per heavy atom. The first-order valence-electron chi connectivity index (χ1n) is 12.9. The number of cyclic esters (lactones) is 1. The first kappa shape index (κ1) is 29.4. The zero-order valence-corrected chi connectivity index (χ0v) is 21.9. The largest absolute Gasteiger partial charge is 0.462 e. The van der Waals surface area contributed by atoms with Gasteiger partial charge in [0.15, 0.2) is 0 Å². The van der Waals surface area contributed by atoms with Gasteiger partial charge in [0.25, 0.3) is 0 Å². The summed E-state index contributed by atoms with van der Waals surface area (Å²) in [4.78, 5) is 51.0. The standard InChI is InChI=1S/C29H35N3O7/c1-20(17-33)30-26(34)16-23-14-8-9-15-24(32-29(37)39-18-21-10-4-2-5-11-21)28(36)38-19-25(31-27(23)35)22-12-6-3-7-13-22/h2-13,20,23-25,33H,14-19H2,1H3,(H,30,34)(H,31,35)(H,32,37)/t20-,23+,24+,25+/m0/s1. The Morgan fingerprint density at radius 1 is 1.05 bits per heavy atom. The number of nitrogens with one attached hydrogen (secondary N) is 3. The summed E-state index contributed by atoms with van der Waals surface area (Å²) in [5.74, 6) is -2.09. The summed E-state index contributed by atoms with van der Waals surface area (Å²) >= 11 is 0. The predicted molar refractivity (Wildman–Crippen MR) is 143 cm³/mol. The smallest absolute Gasteiger partial charge is 0.408 e. The highest BCUT2D eigenvalue weighted by Crippen LogP contribution is 2.19. The zero-order valence-electron chi connectivity index (χ0n) is 21.9. The SMILES string of the molecule is C[C@@H](CO)NC(=O)C[C@H]1CC=CC[C@@H](NC(=O)OCc2ccccc2)C(=O)OC[C@H](c2ccccc2)NC1=O. The molecule has 1 aliphatic heterocycles. The van der Waals surface area contributed by atoms with Gasteiger partial charge in [-0.15, -0.1) is 0 Å². The van der Waals surface area contributed by atoms with Crippen LogP contribution in [0.3, 0.4) is 0 Å². The third kappa shape index (κ3) is 9.90. The number of aliphatic hydroxyl groups excluding tert-OH is 1. The summed E-state index contributed by atoms with van der Waals surface area (Å²) in [5.41, 5.74) is 1.52. The molecule has 3 rings (SSSR count). The maximum atomic E-state index is 13.2. The maximum Gasteiger partial charge on any atom is 0.408 e.